The Morgan fingerprint density at radius 3 is 2.58 bits per heavy atom. The van der Waals surface area contributed by atoms with Gasteiger partial charge < -0.3 is 29.4 Å². The minimum atomic E-state index is -1.32. The van der Waals surface area contributed by atoms with Crippen LogP contribution in [-0.4, -0.2) is 49.9 Å². The van der Waals surface area contributed by atoms with Crippen molar-refractivity contribution in [1.82, 2.24) is 5.32 Å². The van der Waals surface area contributed by atoms with E-state index in [4.69, 9.17) is 29.0 Å². The predicted molar refractivity (Wildman–Crippen MR) is 157 cm³/mol. The third-order valence-corrected chi connectivity index (χ3v) is 7.32. The monoisotopic (exact) mass is 608 g/mol. The Morgan fingerprint density at radius 1 is 1.12 bits per heavy atom. The van der Waals surface area contributed by atoms with Crippen LogP contribution >= 0.6 is 15.9 Å². The Labute approximate surface area is 242 Å². The maximum atomic E-state index is 14.1. The van der Waals surface area contributed by atoms with E-state index in [9.17, 15) is 4.79 Å². The fraction of sp³-hybridized carbons (Fsp3) is 0.290. The largest absolute Gasteiger partial charge is 0.494 e. The molecule has 1 aliphatic heterocycles. The summed E-state index contributed by atoms with van der Waals surface area (Å²) in [5.41, 5.74) is 0.950. The molecule has 1 amide bonds. The summed E-state index contributed by atoms with van der Waals surface area (Å²) < 4.78 is 23.9. The van der Waals surface area contributed by atoms with Crippen LogP contribution in [0.4, 0.5) is 0 Å². The van der Waals surface area contributed by atoms with Gasteiger partial charge in [0.1, 0.15) is 5.75 Å². The minimum absolute atomic E-state index is 0.0667. The third kappa shape index (κ3) is 6.16. The van der Waals surface area contributed by atoms with Gasteiger partial charge in [0.05, 0.1) is 20.8 Å². The Balaban J connectivity index is 1.69. The van der Waals surface area contributed by atoms with Crippen LogP contribution in [0.1, 0.15) is 35.6 Å². The number of aliphatic hydroxyl groups excluding tert-OH is 1. The lowest BCUT2D eigenvalue weighted by molar-refractivity contribution is -0.129. The molecular weight excluding hydrogens is 576 g/mol. The van der Waals surface area contributed by atoms with Gasteiger partial charge in [0.15, 0.2) is 23.1 Å². The van der Waals surface area contributed by atoms with E-state index in [2.05, 4.69) is 27.8 Å². The van der Waals surface area contributed by atoms with Crippen molar-refractivity contribution in [2.45, 2.75) is 31.0 Å². The summed E-state index contributed by atoms with van der Waals surface area (Å²) in [5, 5.41) is 12.0. The molecule has 0 saturated carbocycles. The van der Waals surface area contributed by atoms with E-state index in [0.29, 0.717) is 41.7 Å². The zero-order valence-electron chi connectivity index (χ0n) is 22.6. The van der Waals surface area contributed by atoms with Crippen molar-refractivity contribution in [1.29, 1.82) is 0 Å². The van der Waals surface area contributed by atoms with Crippen LogP contribution in [0.5, 0.6) is 17.2 Å². The van der Waals surface area contributed by atoms with Crippen LogP contribution in [0.25, 0.3) is 0 Å². The van der Waals surface area contributed by atoms with E-state index in [1.807, 2.05) is 60.7 Å². The van der Waals surface area contributed by atoms with Crippen molar-refractivity contribution in [2.24, 2.45) is 4.99 Å². The van der Waals surface area contributed by atoms with Crippen LogP contribution in [0.15, 0.2) is 88.9 Å². The predicted octanol–water partition coefficient (Wildman–Crippen LogP) is 5.38. The Hall–Kier alpha value is -3.82. The second kappa shape index (κ2) is 13.5. The van der Waals surface area contributed by atoms with Gasteiger partial charge in [-0.15, -0.1) is 6.58 Å². The maximum Gasteiger partial charge on any atom is 0.252 e. The van der Waals surface area contributed by atoms with Gasteiger partial charge in [-0.05, 0) is 36.4 Å². The number of aliphatic hydroxyl groups is 1. The number of ether oxygens (including phenoxy) is 4. The number of hydrogen-bond donors (Lipinski definition) is 2. The van der Waals surface area contributed by atoms with Crippen molar-refractivity contribution in [3.05, 3.63) is 101 Å². The number of halogens is 1. The third-order valence-electron chi connectivity index (χ3n) is 6.60. The molecule has 2 N–H and O–H groups in total. The molecule has 8 nitrogen and oxygen atoms in total. The van der Waals surface area contributed by atoms with Gasteiger partial charge in [-0.1, -0.05) is 52.3 Å². The number of aliphatic imine (C=N–C) groups is 1. The van der Waals surface area contributed by atoms with Crippen LogP contribution < -0.4 is 19.5 Å². The maximum absolute atomic E-state index is 14.1. The zero-order chi connectivity index (χ0) is 28.5. The van der Waals surface area contributed by atoms with E-state index >= 15 is 0 Å². The number of carbonyl (C=O) groups is 1. The first kappa shape index (κ1) is 29.2. The molecule has 9 heteroatoms. The van der Waals surface area contributed by atoms with Gasteiger partial charge in [-0.3, -0.25) is 4.79 Å². The lowest BCUT2D eigenvalue weighted by Gasteiger charge is -2.30. The van der Waals surface area contributed by atoms with Crippen molar-refractivity contribution in [3.63, 3.8) is 0 Å². The van der Waals surface area contributed by atoms with Crippen LogP contribution in [0.3, 0.4) is 0 Å². The molecule has 40 heavy (non-hydrogen) atoms. The molecule has 0 unspecified atom stereocenters. The van der Waals surface area contributed by atoms with Crippen LogP contribution in [0.2, 0.25) is 0 Å². The molecule has 0 spiro atoms. The number of hydrogen-bond acceptors (Lipinski definition) is 7. The molecule has 3 aromatic rings. The summed E-state index contributed by atoms with van der Waals surface area (Å²) in [7, 11) is 3.14. The molecule has 0 fully saturated rings. The lowest BCUT2D eigenvalue weighted by atomic mass is 9.84. The Morgan fingerprint density at radius 2 is 1.90 bits per heavy atom. The van der Waals surface area contributed by atoms with Crippen molar-refractivity contribution in [2.75, 3.05) is 27.4 Å². The van der Waals surface area contributed by atoms with E-state index in [1.54, 1.807) is 26.4 Å². The summed E-state index contributed by atoms with van der Waals surface area (Å²) in [6.07, 6.45) is 1.75. The lowest BCUT2D eigenvalue weighted by Crippen LogP contribution is -2.47. The molecule has 2 atom stereocenters. The standard InChI is InChI=1S/C31H33BrN2O6/c1-4-17-31(30(36)33-20-22-9-7-12-26(37-2)27(22)38-3)28(24-10-5-6-11-25(24)32)40-29(34-31)21-13-15-23(16-14-21)39-19-8-18-35/h4-7,9-16,28,35H,1,8,17-20H2,2-3H3,(H,33,36)/t28-,31-/m1/s1. The topological polar surface area (TPSA) is 98.6 Å². The Kier molecular flexibility index (Phi) is 9.84. The van der Waals surface area contributed by atoms with E-state index in [-0.39, 0.29) is 25.5 Å². The molecule has 0 aromatic heterocycles. The number of amides is 1. The highest BCUT2D eigenvalue weighted by molar-refractivity contribution is 9.10. The minimum Gasteiger partial charge on any atom is -0.494 e. The molecule has 0 bridgehead atoms. The normalized spacial score (nSPS) is 17.9. The van der Waals surface area contributed by atoms with Gasteiger partial charge >= 0.3 is 0 Å². The summed E-state index contributed by atoms with van der Waals surface area (Å²) in [5.74, 6) is 1.84. The van der Waals surface area contributed by atoms with E-state index in [1.165, 1.54) is 0 Å². The first-order chi connectivity index (χ1) is 19.5. The fourth-order valence-electron chi connectivity index (χ4n) is 4.62. The van der Waals surface area contributed by atoms with Gasteiger partial charge in [0.2, 0.25) is 5.90 Å². The van der Waals surface area contributed by atoms with Crippen molar-refractivity contribution in [3.8, 4) is 17.2 Å². The number of rotatable bonds is 13. The molecule has 210 valence electrons. The molecule has 1 heterocycles. The highest BCUT2D eigenvalue weighted by atomic mass is 79.9. The number of nitrogens with one attached hydrogen (secondary N) is 1. The molecular formula is C31H33BrN2O6. The summed E-state index contributed by atoms with van der Waals surface area (Å²) in [4.78, 5) is 19.0. The van der Waals surface area contributed by atoms with E-state index in [0.717, 1.165) is 15.6 Å². The van der Waals surface area contributed by atoms with Gasteiger partial charge in [-0.2, -0.15) is 0 Å². The average Bonchev–Trinajstić information content (AvgIpc) is 3.36. The molecule has 1 aliphatic rings. The van der Waals surface area contributed by atoms with Gasteiger partial charge in [0, 0.05) is 47.2 Å². The second-order valence-corrected chi connectivity index (χ2v) is 9.99. The van der Waals surface area contributed by atoms with Gasteiger partial charge in [0.25, 0.3) is 5.91 Å². The molecule has 0 aliphatic carbocycles. The van der Waals surface area contributed by atoms with Gasteiger partial charge in [-0.25, -0.2) is 4.99 Å². The molecule has 0 radical (unpaired) electrons. The fourth-order valence-corrected chi connectivity index (χ4v) is 5.11. The number of benzene rings is 3. The number of para-hydroxylation sites is 1. The van der Waals surface area contributed by atoms with E-state index < -0.39 is 11.6 Å². The summed E-state index contributed by atoms with van der Waals surface area (Å²) >= 11 is 3.63. The highest BCUT2D eigenvalue weighted by Gasteiger charge is 2.53. The second-order valence-electron chi connectivity index (χ2n) is 9.14. The first-order valence-electron chi connectivity index (χ1n) is 12.9. The first-order valence-corrected chi connectivity index (χ1v) is 13.7. The van der Waals surface area contributed by atoms with Crippen LogP contribution in [0, 0.1) is 0 Å². The SMILES string of the molecule is C=CC[C@@]1(C(=O)NCc2cccc(OC)c2OC)N=C(c2ccc(OCCCO)cc2)O[C@@H]1c1ccccc1Br. The van der Waals surface area contributed by atoms with Crippen LogP contribution in [-0.2, 0) is 16.1 Å². The quantitative estimate of drug-likeness (QED) is 0.200. The van der Waals surface area contributed by atoms with Crippen molar-refractivity contribution < 1.29 is 28.8 Å². The Bertz CT molecular complexity index is 1360. The highest BCUT2D eigenvalue weighted by Crippen LogP contribution is 2.45. The number of methoxy groups -OCH3 is 2. The molecule has 4 rings (SSSR count). The van der Waals surface area contributed by atoms with Crippen molar-refractivity contribution >= 4 is 27.7 Å². The summed E-state index contributed by atoms with van der Waals surface area (Å²) in [6.45, 7) is 4.61. The smallest absolute Gasteiger partial charge is 0.252 e. The average molecular weight is 610 g/mol. The number of nitrogens with zero attached hydrogens (tertiary/aromatic N) is 1. The zero-order valence-corrected chi connectivity index (χ0v) is 24.1. The molecule has 3 aromatic carbocycles. The number of carbonyl (C=O) groups excluding carboxylic acids is 1. The summed E-state index contributed by atoms with van der Waals surface area (Å²) in [6, 6.07) is 20.5. The molecule has 0 saturated heterocycles.